The Balaban J connectivity index is 3.52. The van der Waals surface area contributed by atoms with Crippen LogP contribution in [0.2, 0.25) is 0 Å². The Hall–Kier alpha value is -0.180. The van der Waals surface area contributed by atoms with Crippen molar-refractivity contribution < 1.29 is 13.3 Å². The molecule has 0 atom stereocenters. The van der Waals surface area contributed by atoms with Gasteiger partial charge in [0, 0.05) is 21.2 Å². The molecule has 0 N–H and O–H groups in total. The minimum Gasteiger partial charge on any atom is -0.258 e. The molecule has 9 heteroatoms. The van der Waals surface area contributed by atoms with Crippen molar-refractivity contribution in [2.75, 3.05) is 0 Å². The predicted octanol–water partition coefficient (Wildman–Crippen LogP) is 3.05. The average Bonchev–Trinajstić information content (AvgIpc) is 2.06. The van der Waals surface area contributed by atoms with Crippen molar-refractivity contribution in [2.24, 2.45) is 0 Å². The minimum atomic E-state index is -3.93. The maximum Gasteiger partial charge on any atom is 0.284 e. The number of halogens is 3. The molecule has 0 radical (unpaired) electrons. The van der Waals surface area contributed by atoms with Gasteiger partial charge in [-0.25, -0.2) is 8.42 Å². The first kappa shape index (κ1) is 12.9. The molecule has 0 spiro atoms. The minimum absolute atomic E-state index is 0.0485. The molecule has 5 nitrogen and oxygen atoms in total. The summed E-state index contributed by atoms with van der Waals surface area (Å²) < 4.78 is 22.2. The molecule has 1 aromatic carbocycles. The maximum absolute atomic E-state index is 11.0. The van der Waals surface area contributed by atoms with Crippen LogP contribution in [-0.2, 0) is 9.05 Å². The van der Waals surface area contributed by atoms with E-state index in [1.807, 2.05) is 0 Å². The molecular weight excluding hydrogens is 377 g/mol. The van der Waals surface area contributed by atoms with Gasteiger partial charge in [-0.05, 0) is 37.9 Å². The van der Waals surface area contributed by atoms with Gasteiger partial charge < -0.3 is 0 Å². The van der Waals surface area contributed by atoms with E-state index >= 15 is 0 Å². The van der Waals surface area contributed by atoms with Gasteiger partial charge in [-0.1, -0.05) is 0 Å². The van der Waals surface area contributed by atoms with E-state index in [2.05, 4.69) is 31.9 Å². The summed E-state index contributed by atoms with van der Waals surface area (Å²) in [6.07, 6.45) is 0. The third-order valence-electron chi connectivity index (χ3n) is 1.46. The molecule has 0 aliphatic rings. The van der Waals surface area contributed by atoms with Gasteiger partial charge >= 0.3 is 0 Å². The van der Waals surface area contributed by atoms with Gasteiger partial charge in [-0.2, -0.15) is 0 Å². The lowest BCUT2D eigenvalue weighted by Gasteiger charge is -2.01. The van der Waals surface area contributed by atoms with E-state index in [4.69, 9.17) is 10.7 Å². The molecule has 0 amide bonds. The fraction of sp³-hybridized carbons (Fsp3) is 0. The largest absolute Gasteiger partial charge is 0.284 e. The van der Waals surface area contributed by atoms with E-state index in [1.165, 1.54) is 0 Å². The summed E-state index contributed by atoms with van der Waals surface area (Å²) in [5.41, 5.74) is -0.244. The van der Waals surface area contributed by atoms with Crippen LogP contribution in [0.1, 0.15) is 0 Å². The summed E-state index contributed by atoms with van der Waals surface area (Å²) in [5.74, 6) is 0. The van der Waals surface area contributed by atoms with Gasteiger partial charge in [0.05, 0.1) is 14.3 Å². The van der Waals surface area contributed by atoms with Crippen LogP contribution in [0.5, 0.6) is 0 Å². The van der Waals surface area contributed by atoms with E-state index in [0.717, 1.165) is 12.1 Å². The number of hydrogen-bond donors (Lipinski definition) is 0. The Morgan fingerprint density at radius 2 is 1.80 bits per heavy atom. The van der Waals surface area contributed by atoms with Gasteiger partial charge in [-0.3, -0.25) is 10.1 Å². The fourth-order valence-electron chi connectivity index (χ4n) is 0.845. The molecule has 0 saturated heterocycles. The molecule has 1 aromatic rings. The second-order valence-electron chi connectivity index (χ2n) is 2.43. The zero-order valence-corrected chi connectivity index (χ0v) is 11.5. The molecule has 15 heavy (non-hydrogen) atoms. The Kier molecular flexibility index (Phi) is 3.75. The Bertz CT molecular complexity index is 530. The van der Waals surface area contributed by atoms with Gasteiger partial charge in [0.2, 0.25) is 0 Å². The van der Waals surface area contributed by atoms with Crippen molar-refractivity contribution in [3.05, 3.63) is 31.2 Å². The van der Waals surface area contributed by atoms with Crippen molar-refractivity contribution in [3.63, 3.8) is 0 Å². The Morgan fingerprint density at radius 1 is 1.27 bits per heavy atom. The first-order valence-electron chi connectivity index (χ1n) is 3.31. The van der Waals surface area contributed by atoms with Crippen molar-refractivity contribution in [1.82, 2.24) is 0 Å². The van der Waals surface area contributed by atoms with Crippen LogP contribution in [-0.4, -0.2) is 13.3 Å². The summed E-state index contributed by atoms with van der Waals surface area (Å²) in [6.45, 7) is 0. The van der Waals surface area contributed by atoms with Crippen molar-refractivity contribution >= 4 is 57.3 Å². The van der Waals surface area contributed by atoms with Crippen LogP contribution in [0.15, 0.2) is 26.0 Å². The summed E-state index contributed by atoms with van der Waals surface area (Å²) in [5, 5.41) is 10.5. The molecule has 0 bridgehead atoms. The molecule has 1 rings (SSSR count). The first-order valence-corrected chi connectivity index (χ1v) is 7.21. The zero-order chi connectivity index (χ0) is 11.8. The van der Waals surface area contributed by atoms with Crippen molar-refractivity contribution in [2.45, 2.75) is 4.90 Å². The van der Waals surface area contributed by atoms with Crippen LogP contribution >= 0.6 is 42.5 Å². The van der Waals surface area contributed by atoms with Crippen LogP contribution in [0.4, 0.5) is 5.69 Å². The highest BCUT2D eigenvalue weighted by Gasteiger charge is 2.21. The molecule has 0 heterocycles. The summed E-state index contributed by atoms with van der Waals surface area (Å²) in [4.78, 5) is 9.65. The molecule has 0 unspecified atom stereocenters. The van der Waals surface area contributed by atoms with E-state index in [9.17, 15) is 18.5 Å². The smallest absolute Gasteiger partial charge is 0.258 e. The van der Waals surface area contributed by atoms with E-state index < -0.39 is 14.0 Å². The van der Waals surface area contributed by atoms with Crippen molar-refractivity contribution in [1.29, 1.82) is 0 Å². The van der Waals surface area contributed by atoms with E-state index in [1.54, 1.807) is 0 Å². The lowest BCUT2D eigenvalue weighted by molar-refractivity contribution is -0.385. The number of nitrogens with zero attached hydrogens (tertiary/aromatic N) is 1. The normalized spacial score (nSPS) is 11.4. The first-order chi connectivity index (χ1) is 6.73. The highest BCUT2D eigenvalue weighted by Crippen LogP contribution is 2.34. The van der Waals surface area contributed by atoms with Crippen molar-refractivity contribution in [3.8, 4) is 0 Å². The molecule has 82 valence electrons. The van der Waals surface area contributed by atoms with Crippen LogP contribution < -0.4 is 0 Å². The Morgan fingerprint density at radius 3 is 2.20 bits per heavy atom. The third-order valence-corrected chi connectivity index (χ3v) is 4.38. The van der Waals surface area contributed by atoms with Gasteiger partial charge in [-0.15, -0.1) is 0 Å². The number of nitro benzene ring substituents is 1. The lowest BCUT2D eigenvalue weighted by Crippen LogP contribution is -1.96. The highest BCUT2D eigenvalue weighted by molar-refractivity contribution is 9.11. The van der Waals surface area contributed by atoms with Crippen LogP contribution in [0, 0.1) is 10.1 Å². The SMILES string of the molecule is O=[N+]([O-])c1cc(Br)c(S(=O)(=O)Cl)cc1Br. The molecule has 0 fully saturated rings. The third kappa shape index (κ3) is 2.90. The number of benzene rings is 1. The molecular formula is C6H2Br2ClNO4S. The van der Waals surface area contributed by atoms with Crippen LogP contribution in [0.25, 0.3) is 0 Å². The summed E-state index contributed by atoms with van der Waals surface area (Å²) >= 11 is 5.79. The topological polar surface area (TPSA) is 77.3 Å². The van der Waals surface area contributed by atoms with E-state index in [0.29, 0.717) is 0 Å². The summed E-state index contributed by atoms with van der Waals surface area (Å²) in [6, 6.07) is 2.14. The standard InChI is InChI=1S/C6H2Br2ClNO4S/c7-3-2-6(15(9,13)14)4(8)1-5(3)10(11)12/h1-2H. The zero-order valence-electron chi connectivity index (χ0n) is 6.78. The number of nitro groups is 1. The van der Waals surface area contributed by atoms with Gasteiger partial charge in [0.1, 0.15) is 0 Å². The lowest BCUT2D eigenvalue weighted by atomic mass is 10.3. The Labute approximate surface area is 106 Å². The second-order valence-corrected chi connectivity index (χ2v) is 6.67. The summed E-state index contributed by atoms with van der Waals surface area (Å²) in [7, 11) is 1.19. The predicted molar refractivity (Wildman–Crippen MR) is 61.5 cm³/mol. The quantitative estimate of drug-likeness (QED) is 0.450. The number of hydrogen-bond acceptors (Lipinski definition) is 4. The molecule has 0 aliphatic carbocycles. The van der Waals surface area contributed by atoms with Gasteiger partial charge in [0.25, 0.3) is 14.7 Å². The average molecular weight is 379 g/mol. The highest BCUT2D eigenvalue weighted by atomic mass is 79.9. The van der Waals surface area contributed by atoms with Gasteiger partial charge in [0.15, 0.2) is 0 Å². The molecule has 0 aliphatic heterocycles. The second kappa shape index (κ2) is 4.36. The molecule has 0 aromatic heterocycles. The maximum atomic E-state index is 11.0. The fourth-order valence-corrected chi connectivity index (χ4v) is 3.67. The number of rotatable bonds is 2. The monoisotopic (exact) mass is 377 g/mol. The van der Waals surface area contributed by atoms with Crippen LogP contribution in [0.3, 0.4) is 0 Å². The van der Waals surface area contributed by atoms with E-state index in [-0.39, 0.29) is 19.5 Å². The molecule has 0 saturated carbocycles.